The van der Waals surface area contributed by atoms with E-state index in [1.165, 1.54) is 0 Å². The second kappa shape index (κ2) is 8.86. The van der Waals surface area contributed by atoms with Gasteiger partial charge in [0.15, 0.2) is 0 Å². The molecule has 0 aromatic heterocycles. The van der Waals surface area contributed by atoms with Gasteiger partial charge in [-0.3, -0.25) is 9.59 Å². The molecule has 1 aromatic rings. The fraction of sp³-hybridized carbons (Fsp3) is 0.600. The van der Waals surface area contributed by atoms with Crippen LogP contribution in [0.1, 0.15) is 68.8 Å². The minimum Gasteiger partial charge on any atom is -0.338 e. The van der Waals surface area contributed by atoms with Crippen molar-refractivity contribution in [2.24, 2.45) is 0 Å². The predicted molar refractivity (Wildman–Crippen MR) is 96.8 cm³/mol. The molecule has 1 aliphatic heterocycles. The number of rotatable bonds is 8. The Labute approximate surface area is 145 Å². The largest absolute Gasteiger partial charge is 0.338 e. The highest BCUT2D eigenvalue weighted by Gasteiger charge is 2.22. The van der Waals surface area contributed by atoms with Gasteiger partial charge in [0.2, 0.25) is 5.91 Å². The van der Waals surface area contributed by atoms with E-state index in [2.05, 4.69) is 20.8 Å². The number of hydrogen-bond acceptors (Lipinski definition) is 2. The number of carbonyl (C=O) groups excluding carboxylic acids is 2. The molecular formula is C20H30N2O2. The quantitative estimate of drug-likeness (QED) is 0.726. The third kappa shape index (κ3) is 4.59. The SMILES string of the molecule is CCCCN(C(=O)c1cccc(CN2CCCC2=O)c1)C(C)CC. The summed E-state index contributed by atoms with van der Waals surface area (Å²) < 4.78 is 0. The van der Waals surface area contributed by atoms with E-state index in [-0.39, 0.29) is 17.9 Å². The topological polar surface area (TPSA) is 40.6 Å². The summed E-state index contributed by atoms with van der Waals surface area (Å²) in [5.41, 5.74) is 1.77. The molecule has 0 saturated carbocycles. The molecule has 0 bridgehead atoms. The van der Waals surface area contributed by atoms with Crippen molar-refractivity contribution in [1.82, 2.24) is 9.80 Å². The Hall–Kier alpha value is -1.84. The average Bonchev–Trinajstić information content (AvgIpc) is 2.99. The van der Waals surface area contributed by atoms with Crippen molar-refractivity contribution in [2.75, 3.05) is 13.1 Å². The van der Waals surface area contributed by atoms with E-state index in [9.17, 15) is 9.59 Å². The molecule has 132 valence electrons. The first-order valence-corrected chi connectivity index (χ1v) is 9.24. The summed E-state index contributed by atoms with van der Waals surface area (Å²) in [6.07, 6.45) is 4.65. The lowest BCUT2D eigenvalue weighted by molar-refractivity contribution is -0.128. The second-order valence-electron chi connectivity index (χ2n) is 6.73. The molecule has 2 rings (SSSR count). The fourth-order valence-electron chi connectivity index (χ4n) is 3.13. The van der Waals surface area contributed by atoms with E-state index in [0.29, 0.717) is 13.0 Å². The first-order chi connectivity index (χ1) is 11.6. The molecule has 1 aliphatic rings. The van der Waals surface area contributed by atoms with Gasteiger partial charge in [0.1, 0.15) is 0 Å². The van der Waals surface area contributed by atoms with Gasteiger partial charge in [-0.2, -0.15) is 0 Å². The smallest absolute Gasteiger partial charge is 0.254 e. The molecule has 1 atom stereocenters. The number of amides is 2. The van der Waals surface area contributed by atoms with Crippen molar-refractivity contribution < 1.29 is 9.59 Å². The first kappa shape index (κ1) is 18.5. The molecule has 4 nitrogen and oxygen atoms in total. The second-order valence-corrected chi connectivity index (χ2v) is 6.73. The van der Waals surface area contributed by atoms with E-state index in [1.807, 2.05) is 34.1 Å². The van der Waals surface area contributed by atoms with Crippen LogP contribution in [0.2, 0.25) is 0 Å². The molecule has 0 spiro atoms. The van der Waals surface area contributed by atoms with Crippen molar-refractivity contribution in [3.63, 3.8) is 0 Å². The Kier molecular flexibility index (Phi) is 6.83. The van der Waals surface area contributed by atoms with Gasteiger partial charge in [0, 0.05) is 37.7 Å². The van der Waals surface area contributed by atoms with Crippen LogP contribution in [0.3, 0.4) is 0 Å². The number of benzene rings is 1. The molecular weight excluding hydrogens is 300 g/mol. The summed E-state index contributed by atoms with van der Waals surface area (Å²) in [6.45, 7) is 8.61. The van der Waals surface area contributed by atoms with Crippen LogP contribution in [-0.2, 0) is 11.3 Å². The monoisotopic (exact) mass is 330 g/mol. The predicted octanol–water partition coefficient (Wildman–Crippen LogP) is 3.85. The summed E-state index contributed by atoms with van der Waals surface area (Å²) in [6, 6.07) is 8.02. The van der Waals surface area contributed by atoms with Crippen LogP contribution in [0, 0.1) is 0 Å². The molecule has 1 heterocycles. The van der Waals surface area contributed by atoms with Crippen molar-refractivity contribution in [1.29, 1.82) is 0 Å². The van der Waals surface area contributed by atoms with Crippen molar-refractivity contribution in [2.45, 2.75) is 65.5 Å². The number of hydrogen-bond donors (Lipinski definition) is 0. The van der Waals surface area contributed by atoms with Crippen LogP contribution >= 0.6 is 0 Å². The summed E-state index contributed by atoms with van der Waals surface area (Å²) in [5, 5.41) is 0. The zero-order valence-corrected chi connectivity index (χ0v) is 15.3. The maximum atomic E-state index is 13.0. The summed E-state index contributed by atoms with van der Waals surface area (Å²) in [7, 11) is 0. The van der Waals surface area contributed by atoms with Crippen LogP contribution in [-0.4, -0.2) is 40.7 Å². The Morgan fingerprint density at radius 2 is 2.12 bits per heavy atom. The highest BCUT2D eigenvalue weighted by atomic mass is 16.2. The number of unbranched alkanes of at least 4 members (excludes halogenated alkanes) is 1. The molecule has 1 aromatic carbocycles. The van der Waals surface area contributed by atoms with Gasteiger partial charge < -0.3 is 9.80 Å². The third-order valence-corrected chi connectivity index (χ3v) is 4.86. The van der Waals surface area contributed by atoms with Crippen LogP contribution < -0.4 is 0 Å². The van der Waals surface area contributed by atoms with E-state index < -0.39 is 0 Å². The molecule has 1 fully saturated rings. The molecule has 0 N–H and O–H groups in total. The van der Waals surface area contributed by atoms with Crippen LogP contribution in [0.15, 0.2) is 24.3 Å². The lowest BCUT2D eigenvalue weighted by Gasteiger charge is -2.29. The van der Waals surface area contributed by atoms with Crippen molar-refractivity contribution in [3.8, 4) is 0 Å². The van der Waals surface area contributed by atoms with E-state index in [4.69, 9.17) is 0 Å². The van der Waals surface area contributed by atoms with E-state index >= 15 is 0 Å². The van der Waals surface area contributed by atoms with Crippen LogP contribution in [0.5, 0.6) is 0 Å². The van der Waals surface area contributed by atoms with Gasteiger partial charge in [-0.15, -0.1) is 0 Å². The minimum atomic E-state index is 0.104. The maximum Gasteiger partial charge on any atom is 0.254 e. The van der Waals surface area contributed by atoms with Gasteiger partial charge in [-0.05, 0) is 43.9 Å². The Morgan fingerprint density at radius 3 is 2.75 bits per heavy atom. The zero-order chi connectivity index (χ0) is 17.5. The molecule has 1 unspecified atom stereocenters. The number of carbonyl (C=O) groups is 2. The fourth-order valence-corrected chi connectivity index (χ4v) is 3.13. The Bertz CT molecular complexity index is 571. The highest BCUT2D eigenvalue weighted by Crippen LogP contribution is 2.17. The van der Waals surface area contributed by atoms with E-state index in [1.54, 1.807) is 0 Å². The first-order valence-electron chi connectivity index (χ1n) is 9.24. The van der Waals surface area contributed by atoms with Gasteiger partial charge in [-0.1, -0.05) is 32.4 Å². The summed E-state index contributed by atoms with van der Waals surface area (Å²) in [5.74, 6) is 0.323. The molecule has 2 amide bonds. The molecule has 1 saturated heterocycles. The van der Waals surface area contributed by atoms with Crippen LogP contribution in [0.25, 0.3) is 0 Å². The summed E-state index contributed by atoms with van der Waals surface area (Å²) >= 11 is 0. The normalized spacial score (nSPS) is 15.6. The third-order valence-electron chi connectivity index (χ3n) is 4.86. The maximum absolute atomic E-state index is 13.0. The van der Waals surface area contributed by atoms with Crippen LogP contribution in [0.4, 0.5) is 0 Å². The molecule has 4 heteroatoms. The lowest BCUT2D eigenvalue weighted by Crippen LogP contribution is -2.39. The summed E-state index contributed by atoms with van der Waals surface area (Å²) in [4.78, 5) is 28.6. The highest BCUT2D eigenvalue weighted by molar-refractivity contribution is 5.94. The Balaban J connectivity index is 2.12. The van der Waals surface area contributed by atoms with Gasteiger partial charge in [-0.25, -0.2) is 0 Å². The van der Waals surface area contributed by atoms with Gasteiger partial charge in [0.05, 0.1) is 0 Å². The Morgan fingerprint density at radius 1 is 1.33 bits per heavy atom. The zero-order valence-electron chi connectivity index (χ0n) is 15.3. The number of likely N-dealkylation sites (tertiary alicyclic amines) is 1. The van der Waals surface area contributed by atoms with Crippen molar-refractivity contribution >= 4 is 11.8 Å². The lowest BCUT2D eigenvalue weighted by atomic mass is 10.1. The van der Waals surface area contributed by atoms with Crippen molar-refractivity contribution in [3.05, 3.63) is 35.4 Å². The molecule has 0 radical (unpaired) electrons. The van der Waals surface area contributed by atoms with Gasteiger partial charge >= 0.3 is 0 Å². The van der Waals surface area contributed by atoms with Gasteiger partial charge in [0.25, 0.3) is 5.91 Å². The minimum absolute atomic E-state index is 0.104. The van der Waals surface area contributed by atoms with E-state index in [0.717, 1.165) is 49.9 Å². The number of nitrogens with zero attached hydrogens (tertiary/aromatic N) is 2. The molecule has 24 heavy (non-hydrogen) atoms. The average molecular weight is 330 g/mol. The standard InChI is InChI=1S/C20H30N2O2/c1-4-6-13-22(16(3)5-2)20(24)18-10-7-9-17(14-18)15-21-12-8-11-19(21)23/h7,9-10,14,16H,4-6,8,11-13,15H2,1-3H3. The molecule has 0 aliphatic carbocycles.